The minimum atomic E-state index is -0.375. The molecular weight excluding hydrogens is 380 g/mol. The molecule has 0 spiro atoms. The number of hydrazone groups is 1. The van der Waals surface area contributed by atoms with E-state index in [0.29, 0.717) is 24.2 Å². The van der Waals surface area contributed by atoms with Crippen molar-refractivity contribution in [1.29, 1.82) is 0 Å². The molecule has 2 aromatic rings. The van der Waals surface area contributed by atoms with Crippen LogP contribution in [0.25, 0.3) is 0 Å². The molecule has 1 heterocycles. The summed E-state index contributed by atoms with van der Waals surface area (Å²) < 4.78 is 0. The van der Waals surface area contributed by atoms with Crippen molar-refractivity contribution in [1.82, 2.24) is 10.3 Å². The van der Waals surface area contributed by atoms with E-state index in [1.54, 1.807) is 24.3 Å². The molecule has 7 nitrogen and oxygen atoms in total. The second-order valence-corrected chi connectivity index (χ2v) is 6.73. The molecule has 0 saturated carbocycles. The van der Waals surface area contributed by atoms with Crippen molar-refractivity contribution in [2.75, 3.05) is 18.4 Å². The summed E-state index contributed by atoms with van der Waals surface area (Å²) in [7, 11) is 0. The molecule has 0 radical (unpaired) electrons. The summed E-state index contributed by atoms with van der Waals surface area (Å²) in [4.78, 5) is 36.3. The Morgan fingerprint density at radius 2 is 1.83 bits per heavy atom. The fourth-order valence-corrected chi connectivity index (χ4v) is 2.98. The highest BCUT2D eigenvalue weighted by atomic mass is 16.2. The number of hydrogen-bond donors (Lipinski definition) is 2. The number of nitrogens with one attached hydrogen (secondary N) is 2. The Morgan fingerprint density at radius 1 is 1.03 bits per heavy atom. The molecule has 3 amide bonds. The van der Waals surface area contributed by atoms with Crippen LogP contribution in [0.5, 0.6) is 0 Å². The lowest BCUT2D eigenvalue weighted by molar-refractivity contribution is -0.133. The maximum Gasteiger partial charge on any atom is 0.243 e. The van der Waals surface area contributed by atoms with Gasteiger partial charge >= 0.3 is 0 Å². The summed E-state index contributed by atoms with van der Waals surface area (Å²) in [5.41, 5.74) is 3.06. The molecule has 1 aliphatic rings. The summed E-state index contributed by atoms with van der Waals surface area (Å²) in [5, 5.41) is 10.9. The average molecular weight is 402 g/mol. The van der Waals surface area contributed by atoms with Crippen LogP contribution in [0.3, 0.4) is 0 Å². The Bertz CT molecular complexity index is 1010. The lowest BCUT2D eigenvalue weighted by Gasteiger charge is -2.11. The molecule has 0 fully saturated rings. The second kappa shape index (κ2) is 10.0. The number of rotatable bonds is 7. The Kier molecular flexibility index (Phi) is 6.95. The number of carbonyl (C=O) groups excluding carboxylic acids is 3. The van der Waals surface area contributed by atoms with Gasteiger partial charge in [0.15, 0.2) is 0 Å². The zero-order valence-corrected chi connectivity index (χ0v) is 16.4. The van der Waals surface area contributed by atoms with Crippen molar-refractivity contribution < 1.29 is 14.4 Å². The van der Waals surface area contributed by atoms with E-state index in [9.17, 15) is 14.4 Å². The van der Waals surface area contributed by atoms with Gasteiger partial charge in [0.2, 0.25) is 17.7 Å². The predicted molar refractivity (Wildman–Crippen MR) is 115 cm³/mol. The normalized spacial score (nSPS) is 12.6. The molecule has 0 aromatic heterocycles. The third kappa shape index (κ3) is 5.79. The molecule has 0 aliphatic carbocycles. The molecule has 2 aromatic carbocycles. The highest BCUT2D eigenvalue weighted by molar-refractivity contribution is 6.02. The van der Waals surface area contributed by atoms with Crippen LogP contribution in [0.15, 0.2) is 59.7 Å². The van der Waals surface area contributed by atoms with Gasteiger partial charge in [-0.3, -0.25) is 14.4 Å². The highest BCUT2D eigenvalue weighted by Crippen LogP contribution is 2.15. The van der Waals surface area contributed by atoms with E-state index in [-0.39, 0.29) is 37.1 Å². The Hall–Kier alpha value is -3.92. The Morgan fingerprint density at radius 3 is 2.60 bits per heavy atom. The molecule has 7 heteroatoms. The first-order valence-electron chi connectivity index (χ1n) is 9.61. The standard InChI is InChI=1S/C23H22N4O3/c1-2-17-7-6-10-19(15-17)25-22(29)16-24-21(28)11-12-23(30)27-14-13-20(26-27)18-8-4-3-5-9-18/h1,3-10,15H,11-14,16H2,(H,24,28)(H,25,29). The van der Waals surface area contributed by atoms with Crippen molar-refractivity contribution in [3.8, 4) is 12.3 Å². The zero-order chi connectivity index (χ0) is 21.3. The van der Waals surface area contributed by atoms with Crippen LogP contribution in [-0.2, 0) is 14.4 Å². The molecule has 0 saturated heterocycles. The first-order valence-corrected chi connectivity index (χ1v) is 9.61. The lowest BCUT2D eigenvalue weighted by atomic mass is 10.1. The van der Waals surface area contributed by atoms with Gasteiger partial charge in [0, 0.05) is 30.5 Å². The monoisotopic (exact) mass is 402 g/mol. The van der Waals surface area contributed by atoms with E-state index in [4.69, 9.17) is 6.42 Å². The SMILES string of the molecule is C#Cc1cccc(NC(=O)CNC(=O)CCC(=O)N2CCC(c3ccccc3)=N2)c1. The van der Waals surface area contributed by atoms with E-state index in [1.807, 2.05) is 30.3 Å². The van der Waals surface area contributed by atoms with Gasteiger partial charge in [0.25, 0.3) is 0 Å². The van der Waals surface area contributed by atoms with Gasteiger partial charge in [-0.05, 0) is 23.8 Å². The number of nitrogens with zero attached hydrogens (tertiary/aromatic N) is 2. The minimum absolute atomic E-state index is 0.00855. The van der Waals surface area contributed by atoms with Gasteiger partial charge in [0.1, 0.15) is 0 Å². The van der Waals surface area contributed by atoms with E-state index in [2.05, 4.69) is 21.7 Å². The van der Waals surface area contributed by atoms with E-state index in [0.717, 1.165) is 11.3 Å². The van der Waals surface area contributed by atoms with Crippen LogP contribution in [0.4, 0.5) is 5.69 Å². The largest absolute Gasteiger partial charge is 0.347 e. The fraction of sp³-hybridized carbons (Fsp3) is 0.217. The molecule has 30 heavy (non-hydrogen) atoms. The first-order chi connectivity index (χ1) is 14.5. The topological polar surface area (TPSA) is 90.9 Å². The van der Waals surface area contributed by atoms with Gasteiger partial charge in [-0.25, -0.2) is 5.01 Å². The fourth-order valence-electron chi connectivity index (χ4n) is 2.98. The number of carbonyl (C=O) groups is 3. The van der Waals surface area contributed by atoms with Crippen LogP contribution < -0.4 is 10.6 Å². The van der Waals surface area contributed by atoms with Gasteiger partial charge in [-0.15, -0.1) is 6.42 Å². The van der Waals surface area contributed by atoms with Gasteiger partial charge < -0.3 is 10.6 Å². The number of anilines is 1. The molecule has 152 valence electrons. The van der Waals surface area contributed by atoms with Crippen LogP contribution >= 0.6 is 0 Å². The van der Waals surface area contributed by atoms with Crippen molar-refractivity contribution in [2.24, 2.45) is 5.10 Å². The molecule has 2 N–H and O–H groups in total. The first kappa shape index (κ1) is 20.8. The Labute approximate surface area is 175 Å². The molecule has 0 atom stereocenters. The van der Waals surface area contributed by atoms with Gasteiger partial charge in [0.05, 0.1) is 18.8 Å². The summed E-state index contributed by atoms with van der Waals surface area (Å²) in [6.07, 6.45) is 6.04. The van der Waals surface area contributed by atoms with Crippen LogP contribution in [0.1, 0.15) is 30.4 Å². The highest BCUT2D eigenvalue weighted by Gasteiger charge is 2.22. The van der Waals surface area contributed by atoms with E-state index in [1.165, 1.54) is 5.01 Å². The number of hydrogen-bond acceptors (Lipinski definition) is 4. The van der Waals surface area contributed by atoms with Crippen LogP contribution in [0, 0.1) is 12.3 Å². The Balaban J connectivity index is 1.40. The number of amides is 3. The smallest absolute Gasteiger partial charge is 0.243 e. The summed E-state index contributed by atoms with van der Waals surface area (Å²) >= 11 is 0. The van der Waals surface area contributed by atoms with E-state index >= 15 is 0 Å². The van der Waals surface area contributed by atoms with Crippen LogP contribution in [-0.4, -0.2) is 41.5 Å². The lowest BCUT2D eigenvalue weighted by Crippen LogP contribution is -2.33. The molecular formula is C23H22N4O3. The maximum atomic E-state index is 12.3. The molecule has 1 aliphatic heterocycles. The van der Waals surface area contributed by atoms with Crippen LogP contribution in [0.2, 0.25) is 0 Å². The average Bonchev–Trinajstić information content (AvgIpc) is 3.27. The summed E-state index contributed by atoms with van der Waals surface area (Å²) in [6.45, 7) is 0.317. The quantitative estimate of drug-likeness (QED) is 0.695. The molecule has 0 bridgehead atoms. The molecule has 3 rings (SSSR count). The summed E-state index contributed by atoms with van der Waals surface area (Å²) in [5.74, 6) is 1.52. The predicted octanol–water partition coefficient (Wildman–Crippen LogP) is 2.14. The van der Waals surface area contributed by atoms with Crippen molar-refractivity contribution >= 4 is 29.1 Å². The van der Waals surface area contributed by atoms with Crippen molar-refractivity contribution in [3.05, 3.63) is 65.7 Å². The zero-order valence-electron chi connectivity index (χ0n) is 16.4. The van der Waals surface area contributed by atoms with Crippen molar-refractivity contribution in [2.45, 2.75) is 19.3 Å². The van der Waals surface area contributed by atoms with E-state index < -0.39 is 0 Å². The number of benzene rings is 2. The third-order valence-electron chi connectivity index (χ3n) is 4.52. The van der Waals surface area contributed by atoms with Gasteiger partial charge in [-0.1, -0.05) is 42.3 Å². The minimum Gasteiger partial charge on any atom is -0.347 e. The van der Waals surface area contributed by atoms with Gasteiger partial charge in [-0.2, -0.15) is 5.10 Å². The third-order valence-corrected chi connectivity index (χ3v) is 4.52. The second-order valence-electron chi connectivity index (χ2n) is 6.73. The maximum absolute atomic E-state index is 12.3. The molecule has 0 unspecified atom stereocenters. The van der Waals surface area contributed by atoms with Crippen molar-refractivity contribution in [3.63, 3.8) is 0 Å². The number of terminal acetylenes is 1. The summed E-state index contributed by atoms with van der Waals surface area (Å²) in [6, 6.07) is 16.5.